The maximum Gasteiger partial charge on any atom is 0.227 e. The van der Waals surface area contributed by atoms with Crippen molar-refractivity contribution in [1.29, 1.82) is 0 Å². The van der Waals surface area contributed by atoms with Gasteiger partial charge in [0, 0.05) is 14.1 Å². The standard InChI is InChI=1S/C17H34N2O3/c1-13(2)15-6-8-19(9-7-15)16(10-20)12-22-11-14(3)17(21)18(4)5/h13-16,20H,6-12H2,1-5H3. The molecule has 1 N–H and O–H groups in total. The van der Waals surface area contributed by atoms with Crippen LogP contribution in [0.25, 0.3) is 0 Å². The molecule has 0 aromatic carbocycles. The van der Waals surface area contributed by atoms with Crippen LogP contribution >= 0.6 is 0 Å². The molecule has 1 rings (SSSR count). The third-order valence-corrected chi connectivity index (χ3v) is 4.78. The van der Waals surface area contributed by atoms with Gasteiger partial charge < -0.3 is 14.7 Å². The number of hydrogen-bond acceptors (Lipinski definition) is 4. The molecule has 22 heavy (non-hydrogen) atoms. The zero-order chi connectivity index (χ0) is 16.7. The van der Waals surface area contributed by atoms with E-state index >= 15 is 0 Å². The van der Waals surface area contributed by atoms with Crippen LogP contribution in [0, 0.1) is 17.8 Å². The van der Waals surface area contributed by atoms with E-state index in [1.54, 1.807) is 19.0 Å². The molecule has 5 nitrogen and oxygen atoms in total. The minimum atomic E-state index is -0.138. The number of ether oxygens (including phenoxy) is 1. The van der Waals surface area contributed by atoms with Gasteiger partial charge in [-0.2, -0.15) is 0 Å². The lowest BCUT2D eigenvalue weighted by Gasteiger charge is -2.38. The zero-order valence-corrected chi connectivity index (χ0v) is 14.9. The third-order valence-electron chi connectivity index (χ3n) is 4.78. The predicted octanol–water partition coefficient (Wildman–Crippen LogP) is 1.46. The Bertz CT molecular complexity index is 326. The van der Waals surface area contributed by atoms with Crippen molar-refractivity contribution < 1.29 is 14.6 Å². The van der Waals surface area contributed by atoms with E-state index in [-0.39, 0.29) is 24.5 Å². The van der Waals surface area contributed by atoms with E-state index in [0.29, 0.717) is 13.2 Å². The van der Waals surface area contributed by atoms with Gasteiger partial charge in [0.2, 0.25) is 5.91 Å². The number of likely N-dealkylation sites (tertiary alicyclic amines) is 1. The van der Waals surface area contributed by atoms with Crippen LogP contribution in [0.15, 0.2) is 0 Å². The van der Waals surface area contributed by atoms with Gasteiger partial charge in [-0.05, 0) is 37.8 Å². The van der Waals surface area contributed by atoms with E-state index in [0.717, 1.165) is 24.9 Å². The lowest BCUT2D eigenvalue weighted by Crippen LogP contribution is -2.46. The molecule has 0 aliphatic carbocycles. The van der Waals surface area contributed by atoms with Gasteiger partial charge >= 0.3 is 0 Å². The van der Waals surface area contributed by atoms with Crippen molar-refractivity contribution in [3.8, 4) is 0 Å². The van der Waals surface area contributed by atoms with E-state index in [2.05, 4.69) is 18.7 Å². The SMILES string of the molecule is CC(COCC(CO)N1CCC(C(C)C)CC1)C(=O)N(C)C. The lowest BCUT2D eigenvalue weighted by atomic mass is 9.86. The molecule has 1 amide bonds. The summed E-state index contributed by atoms with van der Waals surface area (Å²) in [4.78, 5) is 15.7. The Morgan fingerprint density at radius 1 is 1.23 bits per heavy atom. The van der Waals surface area contributed by atoms with Gasteiger partial charge in [0.1, 0.15) is 0 Å². The highest BCUT2D eigenvalue weighted by Crippen LogP contribution is 2.25. The number of piperidine rings is 1. The number of aliphatic hydroxyl groups excluding tert-OH is 1. The number of nitrogens with zero attached hydrogens (tertiary/aromatic N) is 2. The first-order chi connectivity index (χ1) is 10.4. The second-order valence-electron chi connectivity index (χ2n) is 7.12. The van der Waals surface area contributed by atoms with Gasteiger partial charge in [0.15, 0.2) is 0 Å². The second kappa shape index (κ2) is 9.48. The van der Waals surface area contributed by atoms with Crippen LogP contribution in [-0.4, -0.2) is 73.9 Å². The van der Waals surface area contributed by atoms with E-state index in [1.165, 1.54) is 12.8 Å². The highest BCUT2D eigenvalue weighted by Gasteiger charge is 2.26. The van der Waals surface area contributed by atoms with Crippen molar-refractivity contribution in [2.75, 3.05) is 47.0 Å². The predicted molar refractivity (Wildman–Crippen MR) is 88.7 cm³/mol. The number of carbonyl (C=O) groups excluding carboxylic acids is 1. The topological polar surface area (TPSA) is 53.0 Å². The maximum atomic E-state index is 11.8. The van der Waals surface area contributed by atoms with Crippen LogP contribution < -0.4 is 0 Å². The molecule has 0 saturated carbocycles. The third kappa shape index (κ3) is 5.86. The van der Waals surface area contributed by atoms with Crippen molar-refractivity contribution in [2.45, 2.75) is 39.7 Å². The smallest absolute Gasteiger partial charge is 0.227 e. The molecule has 0 spiro atoms. The molecule has 1 aliphatic heterocycles. The maximum absolute atomic E-state index is 11.8. The van der Waals surface area contributed by atoms with E-state index in [9.17, 15) is 9.90 Å². The lowest BCUT2D eigenvalue weighted by molar-refractivity contribution is -0.134. The number of aliphatic hydroxyl groups is 1. The van der Waals surface area contributed by atoms with Crippen molar-refractivity contribution in [3.05, 3.63) is 0 Å². The Kier molecular flexibility index (Phi) is 8.36. The summed E-state index contributed by atoms with van der Waals surface area (Å²) in [7, 11) is 3.52. The van der Waals surface area contributed by atoms with E-state index < -0.39 is 0 Å². The quantitative estimate of drug-likeness (QED) is 0.737. The van der Waals surface area contributed by atoms with Gasteiger partial charge in [-0.15, -0.1) is 0 Å². The zero-order valence-electron chi connectivity index (χ0n) is 14.9. The number of hydrogen-bond donors (Lipinski definition) is 1. The van der Waals surface area contributed by atoms with E-state index in [4.69, 9.17) is 4.74 Å². The molecule has 5 heteroatoms. The van der Waals surface area contributed by atoms with Crippen molar-refractivity contribution in [1.82, 2.24) is 9.80 Å². The van der Waals surface area contributed by atoms with Crippen LogP contribution in [-0.2, 0) is 9.53 Å². The number of carbonyl (C=O) groups is 1. The minimum Gasteiger partial charge on any atom is -0.395 e. The Balaban J connectivity index is 2.32. The van der Waals surface area contributed by atoms with Gasteiger partial charge in [-0.25, -0.2) is 0 Å². The fourth-order valence-electron chi connectivity index (χ4n) is 3.12. The highest BCUT2D eigenvalue weighted by molar-refractivity contribution is 5.77. The molecular formula is C17H34N2O3. The Morgan fingerprint density at radius 2 is 1.82 bits per heavy atom. The minimum absolute atomic E-state index is 0.0507. The molecule has 1 heterocycles. The Morgan fingerprint density at radius 3 is 2.27 bits per heavy atom. The van der Waals surface area contributed by atoms with Crippen LogP contribution in [0.2, 0.25) is 0 Å². The molecule has 0 radical (unpaired) electrons. The Labute approximate surface area is 135 Å². The van der Waals surface area contributed by atoms with Gasteiger partial charge in [0.05, 0.1) is 31.8 Å². The summed E-state index contributed by atoms with van der Waals surface area (Å²) in [6.45, 7) is 9.54. The molecule has 1 aliphatic rings. The first-order valence-electron chi connectivity index (χ1n) is 8.50. The van der Waals surface area contributed by atoms with Crippen molar-refractivity contribution in [2.24, 2.45) is 17.8 Å². The molecule has 1 fully saturated rings. The highest BCUT2D eigenvalue weighted by atomic mass is 16.5. The molecular weight excluding hydrogens is 280 g/mol. The van der Waals surface area contributed by atoms with Crippen molar-refractivity contribution >= 4 is 5.91 Å². The molecule has 0 bridgehead atoms. The molecule has 130 valence electrons. The average molecular weight is 314 g/mol. The first kappa shape index (κ1) is 19.4. The molecule has 0 aromatic heterocycles. The molecule has 1 saturated heterocycles. The van der Waals surface area contributed by atoms with Gasteiger partial charge in [0.25, 0.3) is 0 Å². The van der Waals surface area contributed by atoms with Crippen molar-refractivity contribution in [3.63, 3.8) is 0 Å². The molecule has 2 unspecified atom stereocenters. The summed E-state index contributed by atoms with van der Waals surface area (Å²) in [6.07, 6.45) is 2.40. The largest absolute Gasteiger partial charge is 0.395 e. The normalized spacial score (nSPS) is 20.1. The molecule has 0 aromatic rings. The Hall–Kier alpha value is -0.650. The fraction of sp³-hybridized carbons (Fsp3) is 0.941. The van der Waals surface area contributed by atoms with Crippen LogP contribution in [0.5, 0.6) is 0 Å². The molecule has 2 atom stereocenters. The average Bonchev–Trinajstić information content (AvgIpc) is 2.50. The summed E-state index contributed by atoms with van der Waals surface area (Å²) in [5, 5.41) is 9.62. The fourth-order valence-corrected chi connectivity index (χ4v) is 3.12. The summed E-state index contributed by atoms with van der Waals surface area (Å²) in [6, 6.07) is 0.0507. The monoisotopic (exact) mass is 314 g/mol. The van der Waals surface area contributed by atoms with E-state index in [1.807, 2.05) is 6.92 Å². The van der Waals surface area contributed by atoms with Crippen LogP contribution in [0.1, 0.15) is 33.6 Å². The summed E-state index contributed by atoms with van der Waals surface area (Å²) in [5.41, 5.74) is 0. The number of amides is 1. The number of rotatable bonds is 8. The summed E-state index contributed by atoms with van der Waals surface area (Å²) in [5.74, 6) is 1.48. The van der Waals surface area contributed by atoms with Crippen LogP contribution in [0.4, 0.5) is 0 Å². The first-order valence-corrected chi connectivity index (χ1v) is 8.50. The van der Waals surface area contributed by atoms with Crippen LogP contribution in [0.3, 0.4) is 0 Å². The second-order valence-corrected chi connectivity index (χ2v) is 7.12. The van der Waals surface area contributed by atoms with Gasteiger partial charge in [-0.3, -0.25) is 9.69 Å². The summed E-state index contributed by atoms with van der Waals surface area (Å²) >= 11 is 0. The van der Waals surface area contributed by atoms with Gasteiger partial charge in [-0.1, -0.05) is 20.8 Å². The summed E-state index contributed by atoms with van der Waals surface area (Å²) < 4.78 is 5.70.